The molecule has 13 heavy (non-hydrogen) atoms. The van der Waals surface area contributed by atoms with E-state index in [-0.39, 0.29) is 5.78 Å². The third kappa shape index (κ3) is 2.57. The van der Waals surface area contributed by atoms with Gasteiger partial charge in [0.05, 0.1) is 11.8 Å². The van der Waals surface area contributed by atoms with Crippen LogP contribution in [0.2, 0.25) is 0 Å². The maximum Gasteiger partial charge on any atom is 0.168 e. The van der Waals surface area contributed by atoms with Crippen molar-refractivity contribution in [2.24, 2.45) is 5.92 Å². The second-order valence-electron chi connectivity index (χ2n) is 3.55. The van der Waals surface area contributed by atoms with Gasteiger partial charge in [-0.05, 0) is 12.3 Å². The van der Waals surface area contributed by atoms with Crippen molar-refractivity contribution in [2.45, 2.75) is 26.7 Å². The molecule has 1 aromatic rings. The van der Waals surface area contributed by atoms with E-state index in [1.165, 1.54) is 6.20 Å². The Hall–Kier alpha value is -1.32. The topological polar surface area (TPSA) is 71.8 Å². The van der Waals surface area contributed by atoms with Crippen LogP contribution in [0.3, 0.4) is 0 Å². The number of aromatic amines is 1. The highest BCUT2D eigenvalue weighted by Gasteiger charge is 2.11. The fourth-order valence-corrected chi connectivity index (χ4v) is 1.07. The number of H-pyrrole nitrogens is 1. The predicted molar refractivity (Wildman–Crippen MR) is 51.4 cm³/mol. The number of nitrogen functional groups attached to an aromatic ring is 1. The lowest BCUT2D eigenvalue weighted by Crippen LogP contribution is -2.03. The van der Waals surface area contributed by atoms with Crippen molar-refractivity contribution in [1.82, 2.24) is 10.2 Å². The van der Waals surface area contributed by atoms with E-state index in [0.717, 1.165) is 6.42 Å². The summed E-state index contributed by atoms with van der Waals surface area (Å²) in [6, 6.07) is 0. The van der Waals surface area contributed by atoms with Crippen LogP contribution in [-0.4, -0.2) is 16.0 Å². The van der Waals surface area contributed by atoms with Gasteiger partial charge in [0.15, 0.2) is 5.78 Å². The standard InChI is InChI=1S/C9H15N3O/c1-6(2)3-4-8(13)7-5-11-12-9(7)10/h5-6H,3-4H2,1-2H3,(H3,10,11,12). The molecule has 0 radical (unpaired) electrons. The lowest BCUT2D eigenvalue weighted by Gasteiger charge is -2.02. The summed E-state index contributed by atoms with van der Waals surface area (Å²) in [5.74, 6) is 0.978. The van der Waals surface area contributed by atoms with Gasteiger partial charge in [-0.25, -0.2) is 0 Å². The van der Waals surface area contributed by atoms with Crippen LogP contribution >= 0.6 is 0 Å². The monoisotopic (exact) mass is 181 g/mol. The van der Waals surface area contributed by atoms with Crippen LogP contribution in [0, 0.1) is 5.92 Å². The van der Waals surface area contributed by atoms with E-state index >= 15 is 0 Å². The van der Waals surface area contributed by atoms with Crippen molar-refractivity contribution < 1.29 is 4.79 Å². The van der Waals surface area contributed by atoms with E-state index in [9.17, 15) is 4.79 Å². The Kier molecular flexibility index (Phi) is 3.06. The smallest absolute Gasteiger partial charge is 0.168 e. The molecule has 0 saturated heterocycles. The van der Waals surface area contributed by atoms with Gasteiger partial charge in [-0.2, -0.15) is 5.10 Å². The number of Topliss-reactive ketones (excluding diaryl/α,β-unsaturated/α-hetero) is 1. The minimum atomic E-state index is 0.0694. The fourth-order valence-electron chi connectivity index (χ4n) is 1.07. The zero-order chi connectivity index (χ0) is 9.84. The number of nitrogens with zero attached hydrogens (tertiary/aromatic N) is 1. The van der Waals surface area contributed by atoms with E-state index < -0.39 is 0 Å². The molecule has 0 spiro atoms. The largest absolute Gasteiger partial charge is 0.383 e. The molecule has 0 aliphatic carbocycles. The molecule has 3 N–H and O–H groups in total. The Balaban J connectivity index is 2.54. The second kappa shape index (κ2) is 4.07. The molecule has 1 rings (SSSR count). The highest BCUT2D eigenvalue weighted by Crippen LogP contribution is 2.13. The average Bonchev–Trinajstić information content (AvgIpc) is 2.47. The van der Waals surface area contributed by atoms with Gasteiger partial charge in [0.1, 0.15) is 5.82 Å². The molecule has 0 atom stereocenters. The summed E-state index contributed by atoms with van der Waals surface area (Å²) in [5.41, 5.74) is 6.02. The minimum Gasteiger partial charge on any atom is -0.383 e. The lowest BCUT2D eigenvalue weighted by atomic mass is 10.0. The van der Waals surface area contributed by atoms with E-state index in [1.807, 2.05) is 0 Å². The summed E-state index contributed by atoms with van der Waals surface area (Å²) in [6.07, 6.45) is 2.92. The van der Waals surface area contributed by atoms with Crippen molar-refractivity contribution in [3.8, 4) is 0 Å². The number of nitrogens with one attached hydrogen (secondary N) is 1. The number of anilines is 1. The Morgan fingerprint density at radius 1 is 1.69 bits per heavy atom. The average molecular weight is 181 g/mol. The molecule has 0 unspecified atom stereocenters. The van der Waals surface area contributed by atoms with Crippen LogP contribution in [0.5, 0.6) is 0 Å². The molecule has 1 heterocycles. The highest BCUT2D eigenvalue weighted by molar-refractivity contribution is 5.99. The number of carbonyl (C=O) groups excluding carboxylic acids is 1. The summed E-state index contributed by atoms with van der Waals surface area (Å²) < 4.78 is 0. The second-order valence-corrected chi connectivity index (χ2v) is 3.55. The first kappa shape index (κ1) is 9.77. The van der Waals surface area contributed by atoms with Crippen molar-refractivity contribution in [2.75, 3.05) is 5.73 Å². The Bertz CT molecular complexity index is 291. The summed E-state index contributed by atoms with van der Waals surface area (Å²) in [5, 5.41) is 6.24. The normalized spacial score (nSPS) is 10.7. The highest BCUT2D eigenvalue weighted by atomic mass is 16.1. The Labute approximate surface area is 77.5 Å². The number of carbonyl (C=O) groups is 1. The van der Waals surface area contributed by atoms with Crippen LogP contribution in [0.1, 0.15) is 37.0 Å². The lowest BCUT2D eigenvalue weighted by molar-refractivity contribution is 0.0976. The van der Waals surface area contributed by atoms with Gasteiger partial charge in [0.25, 0.3) is 0 Å². The van der Waals surface area contributed by atoms with Crippen molar-refractivity contribution in [1.29, 1.82) is 0 Å². The molecule has 4 nitrogen and oxygen atoms in total. The van der Waals surface area contributed by atoms with Gasteiger partial charge in [0, 0.05) is 6.42 Å². The van der Waals surface area contributed by atoms with E-state index in [1.54, 1.807) is 0 Å². The molecular formula is C9H15N3O. The molecule has 0 amide bonds. The number of aromatic nitrogens is 2. The van der Waals surface area contributed by atoms with Crippen LogP contribution < -0.4 is 5.73 Å². The van der Waals surface area contributed by atoms with E-state index in [0.29, 0.717) is 23.7 Å². The first-order valence-electron chi connectivity index (χ1n) is 4.43. The van der Waals surface area contributed by atoms with Crippen LogP contribution in [-0.2, 0) is 0 Å². The number of ketones is 1. The van der Waals surface area contributed by atoms with Gasteiger partial charge in [-0.3, -0.25) is 9.89 Å². The minimum absolute atomic E-state index is 0.0694. The third-order valence-electron chi connectivity index (χ3n) is 1.92. The maximum absolute atomic E-state index is 11.5. The number of nitrogens with two attached hydrogens (primary N) is 1. The SMILES string of the molecule is CC(C)CCC(=O)c1cn[nH]c1N. The van der Waals surface area contributed by atoms with Crippen LogP contribution in [0.25, 0.3) is 0 Å². The zero-order valence-corrected chi connectivity index (χ0v) is 8.00. The number of hydrogen-bond donors (Lipinski definition) is 2. The van der Waals surface area contributed by atoms with Gasteiger partial charge in [0.2, 0.25) is 0 Å². The van der Waals surface area contributed by atoms with Crippen molar-refractivity contribution in [3.63, 3.8) is 0 Å². The summed E-state index contributed by atoms with van der Waals surface area (Å²) in [6.45, 7) is 4.18. The van der Waals surface area contributed by atoms with Crippen LogP contribution in [0.4, 0.5) is 5.82 Å². The third-order valence-corrected chi connectivity index (χ3v) is 1.92. The quantitative estimate of drug-likeness (QED) is 0.693. The fraction of sp³-hybridized carbons (Fsp3) is 0.556. The number of hydrogen-bond acceptors (Lipinski definition) is 3. The predicted octanol–water partition coefficient (Wildman–Crippen LogP) is 1.61. The molecule has 0 aliphatic heterocycles. The molecule has 0 aromatic carbocycles. The van der Waals surface area contributed by atoms with Gasteiger partial charge < -0.3 is 5.73 Å². The molecule has 0 saturated carbocycles. The van der Waals surface area contributed by atoms with Crippen LogP contribution in [0.15, 0.2) is 6.20 Å². The molecule has 4 heteroatoms. The Morgan fingerprint density at radius 3 is 2.85 bits per heavy atom. The summed E-state index contributed by atoms with van der Waals surface area (Å²) >= 11 is 0. The molecule has 1 aromatic heterocycles. The first-order chi connectivity index (χ1) is 6.11. The van der Waals surface area contributed by atoms with Crippen molar-refractivity contribution >= 4 is 11.6 Å². The molecular weight excluding hydrogens is 166 g/mol. The molecule has 0 bridgehead atoms. The molecule has 72 valence electrons. The molecule has 0 aliphatic rings. The zero-order valence-electron chi connectivity index (χ0n) is 8.00. The van der Waals surface area contributed by atoms with E-state index in [2.05, 4.69) is 24.0 Å². The Morgan fingerprint density at radius 2 is 2.38 bits per heavy atom. The van der Waals surface area contributed by atoms with Crippen molar-refractivity contribution in [3.05, 3.63) is 11.8 Å². The van der Waals surface area contributed by atoms with Gasteiger partial charge in [-0.15, -0.1) is 0 Å². The molecule has 0 fully saturated rings. The number of rotatable bonds is 4. The first-order valence-corrected chi connectivity index (χ1v) is 4.43. The summed E-state index contributed by atoms with van der Waals surface area (Å²) in [7, 11) is 0. The summed E-state index contributed by atoms with van der Waals surface area (Å²) in [4.78, 5) is 11.5. The maximum atomic E-state index is 11.5. The van der Waals surface area contributed by atoms with Gasteiger partial charge >= 0.3 is 0 Å². The van der Waals surface area contributed by atoms with Gasteiger partial charge in [-0.1, -0.05) is 13.8 Å². The van der Waals surface area contributed by atoms with E-state index in [4.69, 9.17) is 5.73 Å².